The smallest absolute Gasteiger partial charge is 0.409 e. The molecule has 0 bridgehead atoms. The van der Waals surface area contributed by atoms with Gasteiger partial charge in [-0.25, -0.2) is 4.79 Å². The summed E-state index contributed by atoms with van der Waals surface area (Å²) >= 11 is 3.39. The third-order valence-corrected chi connectivity index (χ3v) is 2.96. The molecule has 3 nitrogen and oxygen atoms in total. The first-order valence-corrected chi connectivity index (χ1v) is 5.71. The second kappa shape index (κ2) is 4.66. The van der Waals surface area contributed by atoms with Crippen molar-refractivity contribution in [1.82, 2.24) is 4.90 Å². The van der Waals surface area contributed by atoms with Crippen LogP contribution in [-0.4, -0.2) is 30.7 Å². The van der Waals surface area contributed by atoms with Crippen molar-refractivity contribution in [2.75, 3.05) is 19.7 Å². The Kier molecular flexibility index (Phi) is 3.26. The fourth-order valence-corrected chi connectivity index (χ4v) is 1.81. The summed E-state index contributed by atoms with van der Waals surface area (Å²) in [4.78, 5) is 12.9. The third-order valence-electron chi connectivity index (χ3n) is 2.43. The Morgan fingerprint density at radius 3 is 2.67 bits per heavy atom. The van der Waals surface area contributed by atoms with E-state index >= 15 is 0 Å². The highest BCUT2D eigenvalue weighted by atomic mass is 79.9. The molecule has 0 radical (unpaired) electrons. The largest absolute Gasteiger partial charge is 0.448 e. The molecule has 1 aromatic carbocycles. The maximum absolute atomic E-state index is 11.1. The highest BCUT2D eigenvalue weighted by Gasteiger charge is 2.20. The van der Waals surface area contributed by atoms with Gasteiger partial charge in [0.15, 0.2) is 0 Å². The van der Waals surface area contributed by atoms with Crippen molar-refractivity contribution in [1.29, 1.82) is 0 Å². The lowest BCUT2D eigenvalue weighted by atomic mass is 10.1. The van der Waals surface area contributed by atoms with Crippen LogP contribution < -0.4 is 0 Å². The van der Waals surface area contributed by atoms with E-state index < -0.39 is 0 Å². The van der Waals surface area contributed by atoms with Gasteiger partial charge < -0.3 is 9.64 Å². The summed E-state index contributed by atoms with van der Waals surface area (Å²) in [5, 5.41) is 0. The molecule has 1 aliphatic rings. The Hall–Kier alpha value is -1.03. The zero-order valence-corrected chi connectivity index (χ0v) is 9.87. The molecule has 4 heteroatoms. The van der Waals surface area contributed by atoms with Gasteiger partial charge in [0.05, 0.1) is 6.54 Å². The molecule has 1 aromatic rings. The van der Waals surface area contributed by atoms with Crippen molar-refractivity contribution in [2.24, 2.45) is 0 Å². The predicted octanol–water partition coefficient (Wildman–Crippen LogP) is 2.44. The van der Waals surface area contributed by atoms with Crippen LogP contribution in [0.4, 0.5) is 4.79 Å². The Morgan fingerprint density at radius 2 is 2.07 bits per heavy atom. The van der Waals surface area contributed by atoms with Crippen LogP contribution >= 0.6 is 15.9 Å². The normalized spacial score (nSPS) is 15.5. The second-order valence-corrected chi connectivity index (χ2v) is 4.39. The van der Waals surface area contributed by atoms with E-state index in [1.165, 1.54) is 5.56 Å². The zero-order chi connectivity index (χ0) is 10.7. The lowest BCUT2D eigenvalue weighted by Gasteiger charge is -2.11. The Morgan fingerprint density at radius 1 is 1.33 bits per heavy atom. The summed E-state index contributed by atoms with van der Waals surface area (Å²) in [6, 6.07) is 8.15. The number of hydrogen-bond acceptors (Lipinski definition) is 2. The predicted molar refractivity (Wildman–Crippen MR) is 60.8 cm³/mol. The molecule has 1 saturated heterocycles. The van der Waals surface area contributed by atoms with Crippen LogP contribution in [0.1, 0.15) is 5.56 Å². The van der Waals surface area contributed by atoms with Gasteiger partial charge in [0.25, 0.3) is 0 Å². The molecule has 1 fully saturated rings. The summed E-state index contributed by atoms with van der Waals surface area (Å²) in [5.74, 6) is 0. The molecule has 0 unspecified atom stereocenters. The van der Waals surface area contributed by atoms with E-state index in [1.54, 1.807) is 4.90 Å². The van der Waals surface area contributed by atoms with Crippen LogP contribution in [0.2, 0.25) is 0 Å². The van der Waals surface area contributed by atoms with Gasteiger partial charge in [0, 0.05) is 11.0 Å². The highest BCUT2D eigenvalue weighted by molar-refractivity contribution is 9.10. The number of ether oxygens (including phenoxy) is 1. The fraction of sp³-hybridized carbons (Fsp3) is 0.364. The second-order valence-electron chi connectivity index (χ2n) is 3.48. The van der Waals surface area contributed by atoms with Gasteiger partial charge in [0.2, 0.25) is 0 Å². The number of hydrogen-bond donors (Lipinski definition) is 0. The Balaban J connectivity index is 1.87. The van der Waals surface area contributed by atoms with Crippen LogP contribution in [0, 0.1) is 0 Å². The number of benzene rings is 1. The summed E-state index contributed by atoms with van der Waals surface area (Å²) in [7, 11) is 0. The van der Waals surface area contributed by atoms with E-state index in [4.69, 9.17) is 4.74 Å². The number of rotatable bonds is 3. The average Bonchev–Trinajstić information content (AvgIpc) is 2.63. The minimum atomic E-state index is -0.188. The van der Waals surface area contributed by atoms with Gasteiger partial charge in [-0.1, -0.05) is 28.1 Å². The van der Waals surface area contributed by atoms with E-state index in [0.717, 1.165) is 24.0 Å². The molecule has 0 saturated carbocycles. The molecule has 0 spiro atoms. The molecule has 0 N–H and O–H groups in total. The number of nitrogens with zero attached hydrogens (tertiary/aromatic N) is 1. The number of carbonyl (C=O) groups excluding carboxylic acids is 1. The summed E-state index contributed by atoms with van der Waals surface area (Å²) < 4.78 is 5.93. The zero-order valence-electron chi connectivity index (χ0n) is 8.28. The van der Waals surface area contributed by atoms with E-state index in [-0.39, 0.29) is 6.09 Å². The SMILES string of the molecule is O=C1OCCN1CCc1ccc(Br)cc1. The van der Waals surface area contributed by atoms with Crippen LogP contribution in [0.15, 0.2) is 28.7 Å². The molecule has 2 rings (SSSR count). The number of amides is 1. The molecular weight excluding hydrogens is 258 g/mol. The molecule has 1 aliphatic heterocycles. The average molecular weight is 270 g/mol. The van der Waals surface area contributed by atoms with Gasteiger partial charge in [-0.15, -0.1) is 0 Å². The first-order valence-electron chi connectivity index (χ1n) is 4.92. The minimum Gasteiger partial charge on any atom is -0.448 e. The van der Waals surface area contributed by atoms with Crippen molar-refractivity contribution in [2.45, 2.75) is 6.42 Å². The van der Waals surface area contributed by atoms with Gasteiger partial charge in [-0.05, 0) is 24.1 Å². The van der Waals surface area contributed by atoms with Crippen molar-refractivity contribution < 1.29 is 9.53 Å². The first kappa shape index (κ1) is 10.5. The highest BCUT2D eigenvalue weighted by Crippen LogP contribution is 2.12. The molecule has 0 atom stereocenters. The topological polar surface area (TPSA) is 29.5 Å². The number of carbonyl (C=O) groups is 1. The Bertz CT molecular complexity index is 350. The lowest BCUT2D eigenvalue weighted by molar-refractivity contribution is 0.159. The first-order chi connectivity index (χ1) is 7.25. The van der Waals surface area contributed by atoms with E-state index in [1.807, 2.05) is 12.1 Å². The molecule has 0 aromatic heterocycles. The van der Waals surface area contributed by atoms with E-state index in [0.29, 0.717) is 6.61 Å². The van der Waals surface area contributed by atoms with Crippen molar-refractivity contribution >= 4 is 22.0 Å². The molecule has 15 heavy (non-hydrogen) atoms. The maximum atomic E-state index is 11.1. The maximum Gasteiger partial charge on any atom is 0.409 e. The molecule has 0 aliphatic carbocycles. The number of halogens is 1. The summed E-state index contributed by atoms with van der Waals surface area (Å²) in [6.45, 7) is 1.98. The molecular formula is C11H12BrNO2. The summed E-state index contributed by atoms with van der Waals surface area (Å²) in [6.07, 6.45) is 0.690. The van der Waals surface area contributed by atoms with Gasteiger partial charge in [-0.2, -0.15) is 0 Å². The molecule has 1 amide bonds. The van der Waals surface area contributed by atoms with Crippen molar-refractivity contribution in [3.63, 3.8) is 0 Å². The van der Waals surface area contributed by atoms with Crippen molar-refractivity contribution in [3.05, 3.63) is 34.3 Å². The quantitative estimate of drug-likeness (QED) is 0.844. The van der Waals surface area contributed by atoms with Gasteiger partial charge >= 0.3 is 6.09 Å². The van der Waals surface area contributed by atoms with Crippen LogP contribution in [0.5, 0.6) is 0 Å². The Labute approximate surface area is 97.2 Å². The molecule has 1 heterocycles. The summed E-state index contributed by atoms with van der Waals surface area (Å²) in [5.41, 5.74) is 1.23. The minimum absolute atomic E-state index is 0.188. The standard InChI is InChI=1S/C11H12BrNO2/c12-10-3-1-9(2-4-10)5-6-13-7-8-15-11(13)14/h1-4H,5-8H2. The van der Waals surface area contributed by atoms with Crippen LogP contribution in [0.3, 0.4) is 0 Å². The fourth-order valence-electron chi connectivity index (χ4n) is 1.54. The number of cyclic esters (lactones) is 1. The lowest BCUT2D eigenvalue weighted by Crippen LogP contribution is -2.26. The monoisotopic (exact) mass is 269 g/mol. The van der Waals surface area contributed by atoms with Crippen LogP contribution in [-0.2, 0) is 11.2 Å². The van der Waals surface area contributed by atoms with Crippen LogP contribution in [0.25, 0.3) is 0 Å². The van der Waals surface area contributed by atoms with Gasteiger partial charge in [-0.3, -0.25) is 0 Å². The molecule has 80 valence electrons. The van der Waals surface area contributed by atoms with E-state index in [9.17, 15) is 4.79 Å². The van der Waals surface area contributed by atoms with Gasteiger partial charge in [0.1, 0.15) is 6.61 Å². The van der Waals surface area contributed by atoms with E-state index in [2.05, 4.69) is 28.1 Å². The van der Waals surface area contributed by atoms with Crippen molar-refractivity contribution in [3.8, 4) is 0 Å². The third kappa shape index (κ3) is 2.72.